The summed E-state index contributed by atoms with van der Waals surface area (Å²) in [5, 5.41) is 9.19. The van der Waals surface area contributed by atoms with E-state index in [0.717, 1.165) is 17.8 Å². The summed E-state index contributed by atoms with van der Waals surface area (Å²) < 4.78 is 2.59. The second-order valence-electron chi connectivity index (χ2n) is 3.41. The maximum absolute atomic E-state index is 5.17. The van der Waals surface area contributed by atoms with Crippen molar-refractivity contribution in [1.82, 2.24) is 14.8 Å². The fraction of sp³-hybridized carbons (Fsp3) is 0.273. The maximum atomic E-state index is 5.17. The molecule has 0 saturated carbocycles. The molecule has 0 unspecified atom stereocenters. The Bertz CT molecular complexity index is 548. The monoisotopic (exact) mass is 251 g/mol. The van der Waals surface area contributed by atoms with Gasteiger partial charge in [0.25, 0.3) is 0 Å². The van der Waals surface area contributed by atoms with Gasteiger partial charge in [-0.1, -0.05) is 13.0 Å². The van der Waals surface area contributed by atoms with Gasteiger partial charge in [-0.05, 0) is 24.7 Å². The van der Waals surface area contributed by atoms with Crippen LogP contribution in [0.3, 0.4) is 0 Å². The Balaban J connectivity index is 2.46. The molecule has 0 aliphatic carbocycles. The Kier molecular flexibility index (Phi) is 3.36. The van der Waals surface area contributed by atoms with Crippen molar-refractivity contribution in [1.29, 1.82) is 0 Å². The van der Waals surface area contributed by atoms with Gasteiger partial charge in [0.2, 0.25) is 0 Å². The molecule has 0 spiro atoms. The number of nitrogens with zero attached hydrogens (tertiary/aromatic N) is 2. The van der Waals surface area contributed by atoms with Gasteiger partial charge < -0.3 is 0 Å². The number of nitrogens with one attached hydrogen (secondary N) is 1. The van der Waals surface area contributed by atoms with Crippen LogP contribution >= 0.6 is 23.6 Å². The van der Waals surface area contributed by atoms with Crippen molar-refractivity contribution in [2.24, 2.45) is 0 Å². The second-order valence-corrected chi connectivity index (χ2v) is 4.79. The third-order valence-corrected chi connectivity index (χ3v) is 3.72. The first-order chi connectivity index (χ1) is 7.76. The van der Waals surface area contributed by atoms with Crippen molar-refractivity contribution in [2.75, 3.05) is 0 Å². The highest BCUT2D eigenvalue weighted by molar-refractivity contribution is 7.71. The van der Waals surface area contributed by atoms with Crippen LogP contribution in [0.2, 0.25) is 0 Å². The summed E-state index contributed by atoms with van der Waals surface area (Å²) in [5.41, 5.74) is 1.12. The summed E-state index contributed by atoms with van der Waals surface area (Å²) in [7, 11) is 0. The van der Waals surface area contributed by atoms with Crippen LogP contribution in [0.1, 0.15) is 11.8 Å². The van der Waals surface area contributed by atoms with E-state index in [2.05, 4.69) is 35.1 Å². The Labute approximate surface area is 103 Å². The Hall–Kier alpha value is -1.20. The van der Waals surface area contributed by atoms with Crippen LogP contribution in [0, 0.1) is 4.77 Å². The first-order valence-electron chi connectivity index (χ1n) is 5.10. The van der Waals surface area contributed by atoms with Crippen LogP contribution in [0.4, 0.5) is 0 Å². The molecule has 0 amide bonds. The molecule has 2 rings (SSSR count). The summed E-state index contributed by atoms with van der Waals surface area (Å²) >= 11 is 6.93. The van der Waals surface area contributed by atoms with Gasteiger partial charge in [0.05, 0.1) is 0 Å². The van der Waals surface area contributed by atoms with E-state index in [1.165, 1.54) is 4.88 Å². The Morgan fingerprint density at radius 1 is 1.69 bits per heavy atom. The number of aromatic nitrogens is 3. The molecule has 5 heteroatoms. The standard InChI is InChI=1S/C11H13N3S2/c1-3-5-14-10(12-13-11(14)15)8-6-9(4-2)16-7-8/h3,6-7H,1,4-5H2,2H3,(H,13,15). The third kappa shape index (κ3) is 2.01. The van der Waals surface area contributed by atoms with E-state index in [1.54, 1.807) is 11.3 Å². The minimum Gasteiger partial charge on any atom is -0.296 e. The molecule has 16 heavy (non-hydrogen) atoms. The van der Waals surface area contributed by atoms with Crippen LogP contribution in [0.15, 0.2) is 24.1 Å². The fourth-order valence-electron chi connectivity index (χ4n) is 1.52. The predicted molar refractivity (Wildman–Crippen MR) is 70.3 cm³/mol. The van der Waals surface area contributed by atoms with E-state index in [0.29, 0.717) is 11.3 Å². The lowest BCUT2D eigenvalue weighted by Crippen LogP contribution is -1.97. The topological polar surface area (TPSA) is 33.6 Å². The molecule has 0 aliphatic heterocycles. The van der Waals surface area contributed by atoms with Crippen molar-refractivity contribution >= 4 is 23.6 Å². The predicted octanol–water partition coefficient (Wildman–Crippen LogP) is 3.42. The molecule has 2 heterocycles. The number of hydrogen-bond donors (Lipinski definition) is 1. The minimum absolute atomic E-state index is 0.638. The van der Waals surface area contributed by atoms with E-state index in [1.807, 2.05) is 10.6 Å². The number of aromatic amines is 1. The SMILES string of the molecule is C=CCn1c(-c2csc(CC)c2)n[nH]c1=S. The molecule has 0 fully saturated rings. The van der Waals surface area contributed by atoms with Gasteiger partial charge in [-0.2, -0.15) is 5.10 Å². The van der Waals surface area contributed by atoms with Crippen LogP contribution in [0.5, 0.6) is 0 Å². The van der Waals surface area contributed by atoms with Crippen molar-refractivity contribution in [3.63, 3.8) is 0 Å². The number of allylic oxidation sites excluding steroid dienone is 1. The summed E-state index contributed by atoms with van der Waals surface area (Å²) in [5.74, 6) is 0.890. The van der Waals surface area contributed by atoms with E-state index in [9.17, 15) is 0 Å². The molecule has 84 valence electrons. The minimum atomic E-state index is 0.638. The zero-order chi connectivity index (χ0) is 11.5. The number of hydrogen-bond acceptors (Lipinski definition) is 3. The second kappa shape index (κ2) is 4.76. The number of aryl methyl sites for hydroxylation is 1. The van der Waals surface area contributed by atoms with E-state index in [-0.39, 0.29) is 0 Å². The zero-order valence-electron chi connectivity index (χ0n) is 9.06. The van der Waals surface area contributed by atoms with Gasteiger partial charge >= 0.3 is 0 Å². The molecule has 0 saturated heterocycles. The lowest BCUT2D eigenvalue weighted by molar-refractivity contribution is 0.814. The molecule has 0 bridgehead atoms. The molecular formula is C11H13N3S2. The third-order valence-electron chi connectivity index (χ3n) is 2.33. The number of thiophene rings is 1. The Morgan fingerprint density at radius 2 is 2.50 bits per heavy atom. The van der Waals surface area contributed by atoms with Crippen molar-refractivity contribution < 1.29 is 0 Å². The highest BCUT2D eigenvalue weighted by Crippen LogP contribution is 2.24. The average Bonchev–Trinajstić information content (AvgIpc) is 2.87. The van der Waals surface area contributed by atoms with E-state index in [4.69, 9.17) is 12.2 Å². The molecular weight excluding hydrogens is 238 g/mol. The zero-order valence-corrected chi connectivity index (χ0v) is 10.7. The smallest absolute Gasteiger partial charge is 0.195 e. The molecule has 0 aliphatic rings. The average molecular weight is 251 g/mol. The highest BCUT2D eigenvalue weighted by Gasteiger charge is 2.09. The van der Waals surface area contributed by atoms with Crippen molar-refractivity contribution in [2.45, 2.75) is 19.9 Å². The van der Waals surface area contributed by atoms with Gasteiger partial charge in [-0.15, -0.1) is 17.9 Å². The first kappa shape index (κ1) is 11.3. The summed E-state index contributed by atoms with van der Waals surface area (Å²) in [6.45, 7) is 6.56. The maximum Gasteiger partial charge on any atom is 0.195 e. The molecule has 1 N–H and O–H groups in total. The summed E-state index contributed by atoms with van der Waals surface area (Å²) in [4.78, 5) is 1.36. The van der Waals surface area contributed by atoms with Crippen molar-refractivity contribution in [3.05, 3.63) is 33.7 Å². The van der Waals surface area contributed by atoms with E-state index < -0.39 is 0 Å². The summed E-state index contributed by atoms with van der Waals surface area (Å²) in [6, 6.07) is 2.16. The molecule has 3 nitrogen and oxygen atoms in total. The molecule has 2 aromatic rings. The van der Waals surface area contributed by atoms with Crippen molar-refractivity contribution in [3.8, 4) is 11.4 Å². The summed E-state index contributed by atoms with van der Waals surface area (Å²) in [6.07, 6.45) is 2.87. The molecule has 0 aromatic carbocycles. The number of H-pyrrole nitrogens is 1. The molecule has 2 aromatic heterocycles. The highest BCUT2D eigenvalue weighted by atomic mass is 32.1. The van der Waals surface area contributed by atoms with Gasteiger partial charge in [0.15, 0.2) is 10.6 Å². The van der Waals surface area contributed by atoms with Gasteiger partial charge in [0.1, 0.15) is 0 Å². The van der Waals surface area contributed by atoms with E-state index >= 15 is 0 Å². The van der Waals surface area contributed by atoms with Crippen LogP contribution in [-0.2, 0) is 13.0 Å². The first-order valence-corrected chi connectivity index (χ1v) is 6.39. The molecule has 0 radical (unpaired) electrons. The Morgan fingerprint density at radius 3 is 3.12 bits per heavy atom. The lowest BCUT2D eigenvalue weighted by atomic mass is 10.2. The van der Waals surface area contributed by atoms with Crippen LogP contribution in [0.25, 0.3) is 11.4 Å². The van der Waals surface area contributed by atoms with Crippen LogP contribution in [-0.4, -0.2) is 14.8 Å². The quantitative estimate of drug-likeness (QED) is 0.667. The van der Waals surface area contributed by atoms with Crippen LogP contribution < -0.4 is 0 Å². The van der Waals surface area contributed by atoms with Gasteiger partial charge in [-0.3, -0.25) is 9.67 Å². The number of rotatable bonds is 4. The largest absolute Gasteiger partial charge is 0.296 e. The normalized spacial score (nSPS) is 10.6. The lowest BCUT2D eigenvalue weighted by Gasteiger charge is -2.00. The van der Waals surface area contributed by atoms with Gasteiger partial charge in [0, 0.05) is 22.4 Å². The van der Waals surface area contributed by atoms with Gasteiger partial charge in [-0.25, -0.2) is 0 Å². The fourth-order valence-corrected chi connectivity index (χ4v) is 2.54. The molecule has 0 atom stereocenters.